The standard InChI is InChI=1S/C15H24N2O2/c1-11(2)10-17(7-8-19-4)15(18)14-6-5-13(16)9-12(14)3/h5-6,9,11H,7-8,10,16H2,1-4H3. The van der Waals surface area contributed by atoms with Crippen molar-refractivity contribution in [1.82, 2.24) is 4.90 Å². The van der Waals surface area contributed by atoms with Gasteiger partial charge in [0, 0.05) is 31.5 Å². The Bertz CT molecular complexity index is 430. The number of aryl methyl sites for hydroxylation is 1. The normalized spacial score (nSPS) is 10.8. The van der Waals surface area contributed by atoms with Crippen molar-refractivity contribution in [2.24, 2.45) is 5.92 Å². The minimum atomic E-state index is 0.0447. The zero-order valence-corrected chi connectivity index (χ0v) is 12.3. The monoisotopic (exact) mass is 264 g/mol. The Morgan fingerprint density at radius 1 is 1.42 bits per heavy atom. The summed E-state index contributed by atoms with van der Waals surface area (Å²) in [5.41, 5.74) is 8.03. The number of ether oxygens (including phenoxy) is 1. The number of carbonyl (C=O) groups excluding carboxylic acids is 1. The zero-order chi connectivity index (χ0) is 14.4. The molecular formula is C15H24N2O2. The Morgan fingerprint density at radius 2 is 2.11 bits per heavy atom. The third-order valence-electron chi connectivity index (χ3n) is 2.92. The first-order valence-corrected chi connectivity index (χ1v) is 6.60. The quantitative estimate of drug-likeness (QED) is 0.802. The summed E-state index contributed by atoms with van der Waals surface area (Å²) in [6.45, 7) is 8.00. The predicted octanol–water partition coefficient (Wildman–Crippen LogP) is 2.32. The van der Waals surface area contributed by atoms with Gasteiger partial charge in [0.05, 0.1) is 6.61 Å². The largest absolute Gasteiger partial charge is 0.399 e. The fourth-order valence-corrected chi connectivity index (χ4v) is 2.02. The lowest BCUT2D eigenvalue weighted by atomic mass is 10.1. The number of hydrogen-bond donors (Lipinski definition) is 1. The molecule has 106 valence electrons. The van der Waals surface area contributed by atoms with Crippen molar-refractivity contribution in [1.29, 1.82) is 0 Å². The van der Waals surface area contributed by atoms with Gasteiger partial charge in [0.1, 0.15) is 0 Å². The van der Waals surface area contributed by atoms with E-state index in [9.17, 15) is 4.79 Å². The summed E-state index contributed by atoms with van der Waals surface area (Å²) in [7, 11) is 1.65. The number of anilines is 1. The second kappa shape index (κ2) is 7.14. The van der Waals surface area contributed by atoms with Crippen LogP contribution in [0.25, 0.3) is 0 Å². The second-order valence-electron chi connectivity index (χ2n) is 5.21. The van der Waals surface area contributed by atoms with Crippen molar-refractivity contribution < 1.29 is 9.53 Å². The van der Waals surface area contributed by atoms with Gasteiger partial charge in [0.15, 0.2) is 0 Å². The molecule has 0 aliphatic carbocycles. The van der Waals surface area contributed by atoms with E-state index < -0.39 is 0 Å². The number of nitrogens with two attached hydrogens (primary N) is 1. The molecule has 0 atom stereocenters. The zero-order valence-electron chi connectivity index (χ0n) is 12.3. The van der Waals surface area contributed by atoms with Crippen molar-refractivity contribution >= 4 is 11.6 Å². The molecule has 2 N–H and O–H groups in total. The second-order valence-corrected chi connectivity index (χ2v) is 5.21. The highest BCUT2D eigenvalue weighted by atomic mass is 16.5. The molecule has 0 fully saturated rings. The number of rotatable bonds is 6. The topological polar surface area (TPSA) is 55.6 Å². The molecule has 0 aliphatic heterocycles. The molecule has 1 amide bonds. The number of nitrogen functional groups attached to an aromatic ring is 1. The van der Waals surface area contributed by atoms with Crippen molar-refractivity contribution in [3.8, 4) is 0 Å². The van der Waals surface area contributed by atoms with Crippen LogP contribution >= 0.6 is 0 Å². The first-order valence-electron chi connectivity index (χ1n) is 6.60. The molecule has 0 aliphatic rings. The number of hydrogen-bond acceptors (Lipinski definition) is 3. The first-order chi connectivity index (χ1) is 8.95. The molecule has 0 aromatic heterocycles. The van der Waals surface area contributed by atoms with Crippen LogP contribution < -0.4 is 5.73 Å². The van der Waals surface area contributed by atoms with Crippen molar-refractivity contribution in [2.75, 3.05) is 32.5 Å². The lowest BCUT2D eigenvalue weighted by Crippen LogP contribution is -2.37. The summed E-state index contributed by atoms with van der Waals surface area (Å²) in [6, 6.07) is 5.40. The van der Waals surface area contributed by atoms with Crippen LogP contribution in [-0.4, -0.2) is 37.6 Å². The van der Waals surface area contributed by atoms with E-state index in [1.165, 1.54) is 0 Å². The molecule has 0 heterocycles. The van der Waals surface area contributed by atoms with Crippen LogP contribution in [0.1, 0.15) is 29.8 Å². The summed E-state index contributed by atoms with van der Waals surface area (Å²) >= 11 is 0. The molecule has 0 saturated carbocycles. The van der Waals surface area contributed by atoms with Gasteiger partial charge in [0.2, 0.25) is 0 Å². The van der Waals surface area contributed by atoms with Crippen molar-refractivity contribution in [3.05, 3.63) is 29.3 Å². The van der Waals surface area contributed by atoms with Crippen LogP contribution in [0.3, 0.4) is 0 Å². The highest BCUT2D eigenvalue weighted by Gasteiger charge is 2.18. The molecule has 1 rings (SSSR count). The fraction of sp³-hybridized carbons (Fsp3) is 0.533. The number of methoxy groups -OCH3 is 1. The van der Waals surface area contributed by atoms with Crippen LogP contribution in [0, 0.1) is 12.8 Å². The van der Waals surface area contributed by atoms with Gasteiger partial charge in [-0.25, -0.2) is 0 Å². The van der Waals surface area contributed by atoms with Gasteiger partial charge in [-0.05, 0) is 36.6 Å². The maximum Gasteiger partial charge on any atom is 0.254 e. The van der Waals surface area contributed by atoms with Gasteiger partial charge >= 0.3 is 0 Å². The molecule has 0 bridgehead atoms. The fourth-order valence-electron chi connectivity index (χ4n) is 2.02. The first kappa shape index (κ1) is 15.5. The van der Waals surface area contributed by atoms with E-state index in [1.807, 2.05) is 17.9 Å². The summed E-state index contributed by atoms with van der Waals surface area (Å²) in [5, 5.41) is 0. The minimum absolute atomic E-state index is 0.0447. The van der Waals surface area contributed by atoms with Gasteiger partial charge < -0.3 is 15.4 Å². The molecule has 0 radical (unpaired) electrons. The molecule has 0 unspecified atom stereocenters. The summed E-state index contributed by atoms with van der Waals surface area (Å²) in [5.74, 6) is 0.471. The van der Waals surface area contributed by atoms with Crippen LogP contribution in [0.4, 0.5) is 5.69 Å². The smallest absolute Gasteiger partial charge is 0.254 e. The molecule has 1 aromatic rings. The third-order valence-corrected chi connectivity index (χ3v) is 2.92. The van der Waals surface area contributed by atoms with E-state index in [2.05, 4.69) is 13.8 Å². The Morgan fingerprint density at radius 3 is 2.63 bits per heavy atom. The molecule has 0 saturated heterocycles. The third kappa shape index (κ3) is 4.56. The molecule has 1 aromatic carbocycles. The molecular weight excluding hydrogens is 240 g/mol. The minimum Gasteiger partial charge on any atom is -0.399 e. The Hall–Kier alpha value is -1.55. The highest BCUT2D eigenvalue weighted by molar-refractivity contribution is 5.96. The summed E-state index contributed by atoms with van der Waals surface area (Å²) < 4.78 is 5.08. The molecule has 0 spiro atoms. The van der Waals surface area contributed by atoms with Gasteiger partial charge in [0.25, 0.3) is 5.91 Å². The SMILES string of the molecule is COCCN(CC(C)C)C(=O)c1ccc(N)cc1C. The van der Waals surface area contributed by atoms with Gasteiger partial charge in [-0.2, -0.15) is 0 Å². The van der Waals surface area contributed by atoms with Gasteiger partial charge in [-0.3, -0.25) is 4.79 Å². The molecule has 19 heavy (non-hydrogen) atoms. The van der Waals surface area contributed by atoms with Crippen LogP contribution in [0.15, 0.2) is 18.2 Å². The van der Waals surface area contributed by atoms with Crippen LogP contribution in [0.2, 0.25) is 0 Å². The van der Waals surface area contributed by atoms with Crippen molar-refractivity contribution in [2.45, 2.75) is 20.8 Å². The van der Waals surface area contributed by atoms with E-state index in [1.54, 1.807) is 19.2 Å². The average molecular weight is 264 g/mol. The van der Waals surface area contributed by atoms with E-state index in [-0.39, 0.29) is 5.91 Å². The number of carbonyl (C=O) groups is 1. The number of nitrogens with zero attached hydrogens (tertiary/aromatic N) is 1. The lowest BCUT2D eigenvalue weighted by Gasteiger charge is -2.25. The van der Waals surface area contributed by atoms with Crippen LogP contribution in [-0.2, 0) is 4.74 Å². The Labute approximate surface area is 115 Å². The molecule has 4 heteroatoms. The highest BCUT2D eigenvalue weighted by Crippen LogP contribution is 2.15. The van der Waals surface area contributed by atoms with E-state index >= 15 is 0 Å². The van der Waals surface area contributed by atoms with Gasteiger partial charge in [-0.15, -0.1) is 0 Å². The number of amides is 1. The molecule has 4 nitrogen and oxygen atoms in total. The Balaban J connectivity index is 2.90. The number of benzene rings is 1. The average Bonchev–Trinajstić information content (AvgIpc) is 2.33. The maximum absolute atomic E-state index is 12.5. The van der Waals surface area contributed by atoms with Crippen LogP contribution in [0.5, 0.6) is 0 Å². The van der Waals surface area contributed by atoms with E-state index in [0.29, 0.717) is 30.3 Å². The van der Waals surface area contributed by atoms with Gasteiger partial charge in [-0.1, -0.05) is 13.8 Å². The van der Waals surface area contributed by atoms with Crippen molar-refractivity contribution in [3.63, 3.8) is 0 Å². The maximum atomic E-state index is 12.5. The Kier molecular flexibility index (Phi) is 5.83. The summed E-state index contributed by atoms with van der Waals surface area (Å²) in [4.78, 5) is 14.4. The lowest BCUT2D eigenvalue weighted by molar-refractivity contribution is 0.0671. The summed E-state index contributed by atoms with van der Waals surface area (Å²) in [6.07, 6.45) is 0. The van der Waals surface area contributed by atoms with E-state index in [4.69, 9.17) is 10.5 Å². The predicted molar refractivity (Wildman–Crippen MR) is 78.2 cm³/mol. The van der Waals surface area contributed by atoms with E-state index in [0.717, 1.165) is 12.1 Å².